The van der Waals surface area contributed by atoms with Crippen molar-refractivity contribution in [3.8, 4) is 11.5 Å². The highest BCUT2D eigenvalue weighted by atomic mass is 19.1. The molecule has 1 atom stereocenters. The number of benzene rings is 2. The van der Waals surface area contributed by atoms with E-state index in [0.29, 0.717) is 18.7 Å². The Hall–Kier alpha value is -2.56. The number of nitrogens with one attached hydrogen (secondary N) is 1. The molecule has 2 aromatic carbocycles. The molecule has 0 aliphatic heterocycles. The Labute approximate surface area is 148 Å². The second-order valence-corrected chi connectivity index (χ2v) is 6.00. The van der Waals surface area contributed by atoms with Gasteiger partial charge in [-0.3, -0.25) is 4.79 Å². The number of hydrogen-bond acceptors (Lipinski definition) is 3. The van der Waals surface area contributed by atoms with E-state index in [9.17, 15) is 9.18 Å². The molecule has 0 spiro atoms. The Balaban J connectivity index is 1.92. The molecule has 0 saturated carbocycles. The van der Waals surface area contributed by atoms with Gasteiger partial charge < -0.3 is 14.8 Å². The predicted molar refractivity (Wildman–Crippen MR) is 95.2 cm³/mol. The van der Waals surface area contributed by atoms with E-state index in [2.05, 4.69) is 5.32 Å². The Kier molecular flexibility index (Phi) is 6.81. The highest BCUT2D eigenvalue weighted by Gasteiger charge is 2.18. The second-order valence-electron chi connectivity index (χ2n) is 6.00. The minimum absolute atomic E-state index is 0.0958. The fourth-order valence-corrected chi connectivity index (χ4v) is 2.30. The van der Waals surface area contributed by atoms with Gasteiger partial charge in [0.1, 0.15) is 17.3 Å². The van der Waals surface area contributed by atoms with E-state index in [1.165, 1.54) is 24.3 Å². The highest BCUT2D eigenvalue weighted by Crippen LogP contribution is 2.16. The van der Waals surface area contributed by atoms with Crippen LogP contribution in [-0.2, 0) is 11.3 Å². The Morgan fingerprint density at radius 1 is 1.08 bits per heavy atom. The van der Waals surface area contributed by atoms with Crippen LogP contribution in [0.25, 0.3) is 0 Å². The van der Waals surface area contributed by atoms with Gasteiger partial charge in [-0.05, 0) is 62.2 Å². The van der Waals surface area contributed by atoms with Crippen LogP contribution in [0.1, 0.15) is 32.8 Å². The highest BCUT2D eigenvalue weighted by molar-refractivity contribution is 5.81. The number of carbonyl (C=O) groups is 1. The molecule has 1 amide bonds. The third-order valence-electron chi connectivity index (χ3n) is 3.49. The van der Waals surface area contributed by atoms with Gasteiger partial charge in [-0.2, -0.15) is 0 Å². The van der Waals surface area contributed by atoms with E-state index in [4.69, 9.17) is 9.47 Å². The van der Waals surface area contributed by atoms with Gasteiger partial charge in [0.2, 0.25) is 0 Å². The molecule has 134 valence electrons. The first-order valence-electron chi connectivity index (χ1n) is 8.43. The fourth-order valence-electron chi connectivity index (χ4n) is 2.30. The summed E-state index contributed by atoms with van der Waals surface area (Å²) in [7, 11) is 0. The van der Waals surface area contributed by atoms with Crippen molar-refractivity contribution in [2.45, 2.75) is 45.9 Å². The molecular formula is C20H24FNO3. The first-order valence-corrected chi connectivity index (χ1v) is 8.43. The third-order valence-corrected chi connectivity index (χ3v) is 3.49. The Morgan fingerprint density at radius 3 is 2.44 bits per heavy atom. The van der Waals surface area contributed by atoms with Crippen LogP contribution in [0.3, 0.4) is 0 Å². The van der Waals surface area contributed by atoms with Crippen LogP contribution < -0.4 is 14.8 Å². The third kappa shape index (κ3) is 6.10. The summed E-state index contributed by atoms with van der Waals surface area (Å²) in [5, 5.41) is 2.87. The summed E-state index contributed by atoms with van der Waals surface area (Å²) in [6.45, 7) is 6.18. The topological polar surface area (TPSA) is 47.6 Å². The molecule has 0 aliphatic carbocycles. The molecule has 4 nitrogen and oxygen atoms in total. The summed E-state index contributed by atoms with van der Waals surface area (Å²) in [5.41, 5.74) is 0.947. The largest absolute Gasteiger partial charge is 0.491 e. The van der Waals surface area contributed by atoms with Crippen molar-refractivity contribution >= 4 is 5.91 Å². The van der Waals surface area contributed by atoms with E-state index in [1.807, 2.05) is 45.0 Å². The minimum Gasteiger partial charge on any atom is -0.491 e. The standard InChI is InChI=1S/C20H24FNO3/c1-4-19(25-17-10-8-16(21)9-11-17)20(23)22-13-15-6-5-7-18(12-15)24-14(2)3/h5-12,14,19H,4,13H2,1-3H3,(H,22,23). The van der Waals surface area contributed by atoms with Crippen molar-refractivity contribution in [1.29, 1.82) is 0 Å². The van der Waals surface area contributed by atoms with Gasteiger partial charge in [-0.25, -0.2) is 4.39 Å². The second kappa shape index (κ2) is 9.06. The quantitative estimate of drug-likeness (QED) is 0.784. The Bertz CT molecular complexity index is 686. The van der Waals surface area contributed by atoms with Crippen LogP contribution in [0, 0.1) is 5.82 Å². The van der Waals surface area contributed by atoms with Crippen molar-refractivity contribution in [2.24, 2.45) is 0 Å². The molecule has 1 N–H and O–H groups in total. The molecule has 5 heteroatoms. The summed E-state index contributed by atoms with van der Waals surface area (Å²) in [6, 6.07) is 13.2. The molecule has 0 bridgehead atoms. The zero-order chi connectivity index (χ0) is 18.2. The molecule has 0 radical (unpaired) electrons. The molecule has 2 aromatic rings. The average Bonchev–Trinajstić information content (AvgIpc) is 2.59. The van der Waals surface area contributed by atoms with Gasteiger partial charge in [0.15, 0.2) is 6.10 Å². The first kappa shape index (κ1) is 18.8. The summed E-state index contributed by atoms with van der Waals surface area (Å²) in [4.78, 5) is 12.3. The summed E-state index contributed by atoms with van der Waals surface area (Å²) in [6.07, 6.45) is -0.0151. The molecule has 2 rings (SSSR count). The van der Waals surface area contributed by atoms with Crippen LogP contribution in [0.2, 0.25) is 0 Å². The first-order chi connectivity index (χ1) is 12.0. The smallest absolute Gasteiger partial charge is 0.261 e. The van der Waals surface area contributed by atoms with E-state index in [1.54, 1.807) is 0 Å². The molecule has 0 aliphatic rings. The van der Waals surface area contributed by atoms with Crippen molar-refractivity contribution in [3.63, 3.8) is 0 Å². The van der Waals surface area contributed by atoms with Crippen LogP contribution >= 0.6 is 0 Å². The van der Waals surface area contributed by atoms with Crippen molar-refractivity contribution < 1.29 is 18.7 Å². The maximum absolute atomic E-state index is 12.9. The molecule has 1 unspecified atom stereocenters. The number of halogens is 1. The fraction of sp³-hybridized carbons (Fsp3) is 0.350. The SMILES string of the molecule is CCC(Oc1ccc(F)cc1)C(=O)NCc1cccc(OC(C)C)c1. The number of hydrogen-bond donors (Lipinski definition) is 1. The van der Waals surface area contributed by atoms with Crippen LogP contribution in [-0.4, -0.2) is 18.1 Å². The predicted octanol–water partition coefficient (Wildman–Crippen LogP) is 4.09. The average molecular weight is 345 g/mol. The van der Waals surface area contributed by atoms with E-state index >= 15 is 0 Å². The molecule has 0 heterocycles. The summed E-state index contributed by atoms with van der Waals surface area (Å²) in [5.74, 6) is 0.697. The minimum atomic E-state index is -0.624. The van der Waals surface area contributed by atoms with Gasteiger partial charge in [0.25, 0.3) is 5.91 Å². The number of rotatable bonds is 8. The van der Waals surface area contributed by atoms with Crippen LogP contribution in [0.4, 0.5) is 4.39 Å². The molecule has 0 fully saturated rings. The number of carbonyl (C=O) groups excluding carboxylic acids is 1. The zero-order valence-electron chi connectivity index (χ0n) is 14.8. The van der Waals surface area contributed by atoms with Crippen molar-refractivity contribution in [2.75, 3.05) is 0 Å². The maximum Gasteiger partial charge on any atom is 0.261 e. The van der Waals surface area contributed by atoms with Crippen LogP contribution in [0.15, 0.2) is 48.5 Å². The lowest BCUT2D eigenvalue weighted by Gasteiger charge is -2.17. The molecular weight excluding hydrogens is 321 g/mol. The summed E-state index contributed by atoms with van der Waals surface area (Å²) >= 11 is 0. The molecule has 0 saturated heterocycles. The maximum atomic E-state index is 12.9. The molecule has 25 heavy (non-hydrogen) atoms. The van der Waals surface area contributed by atoms with Gasteiger partial charge in [0.05, 0.1) is 6.10 Å². The molecule has 0 aromatic heterocycles. The van der Waals surface area contributed by atoms with E-state index in [-0.39, 0.29) is 17.8 Å². The van der Waals surface area contributed by atoms with Gasteiger partial charge in [0, 0.05) is 6.54 Å². The summed E-state index contributed by atoms with van der Waals surface area (Å²) < 4.78 is 24.2. The lowest BCUT2D eigenvalue weighted by molar-refractivity contribution is -0.128. The lowest BCUT2D eigenvalue weighted by atomic mass is 10.2. The van der Waals surface area contributed by atoms with Crippen LogP contribution in [0.5, 0.6) is 11.5 Å². The van der Waals surface area contributed by atoms with Gasteiger partial charge in [-0.1, -0.05) is 19.1 Å². The van der Waals surface area contributed by atoms with Crippen molar-refractivity contribution in [3.05, 3.63) is 59.9 Å². The number of amides is 1. The zero-order valence-corrected chi connectivity index (χ0v) is 14.8. The monoisotopic (exact) mass is 345 g/mol. The van der Waals surface area contributed by atoms with E-state index in [0.717, 1.165) is 11.3 Å². The lowest BCUT2D eigenvalue weighted by Crippen LogP contribution is -2.37. The van der Waals surface area contributed by atoms with E-state index < -0.39 is 6.10 Å². The van der Waals surface area contributed by atoms with Gasteiger partial charge >= 0.3 is 0 Å². The number of ether oxygens (including phenoxy) is 2. The normalized spacial score (nSPS) is 11.9. The van der Waals surface area contributed by atoms with Gasteiger partial charge in [-0.15, -0.1) is 0 Å². The Morgan fingerprint density at radius 2 is 1.80 bits per heavy atom. The van der Waals surface area contributed by atoms with Crippen molar-refractivity contribution in [1.82, 2.24) is 5.32 Å².